The quantitative estimate of drug-likeness (QED) is 0.679. The van der Waals surface area contributed by atoms with E-state index in [1.165, 1.54) is 0 Å². The first kappa shape index (κ1) is 9.19. The monoisotopic (exact) mass is 190 g/mol. The largest absolute Gasteiger partial charge is 0.295 e. The van der Waals surface area contributed by atoms with Gasteiger partial charge in [-0.15, -0.1) is 0 Å². The van der Waals surface area contributed by atoms with E-state index in [-0.39, 0.29) is 5.78 Å². The predicted octanol–water partition coefficient (Wildman–Crippen LogP) is 1.90. The maximum absolute atomic E-state index is 11.4. The summed E-state index contributed by atoms with van der Waals surface area (Å²) in [5.41, 5.74) is 1.00. The maximum atomic E-state index is 11.4. The number of aromatic nitrogens is 2. The van der Waals surface area contributed by atoms with E-state index < -0.39 is 0 Å². The Morgan fingerprint density at radius 2 is 2.50 bits per heavy atom. The zero-order chi connectivity index (χ0) is 9.97. The van der Waals surface area contributed by atoms with Crippen molar-refractivity contribution in [1.29, 1.82) is 0 Å². The number of nitrogens with zero attached hydrogens (tertiary/aromatic N) is 2. The fraction of sp³-hybridized carbons (Fsp3) is 0.455. The van der Waals surface area contributed by atoms with Gasteiger partial charge in [0.05, 0.1) is 5.69 Å². The fourth-order valence-corrected chi connectivity index (χ4v) is 1.42. The molecule has 0 unspecified atom stereocenters. The Kier molecular flexibility index (Phi) is 2.48. The maximum Gasteiger partial charge on any atom is 0.158 e. The molecule has 74 valence electrons. The van der Waals surface area contributed by atoms with E-state index in [9.17, 15) is 4.79 Å². The summed E-state index contributed by atoms with van der Waals surface area (Å²) in [6.07, 6.45) is 7.43. The highest BCUT2D eigenvalue weighted by atomic mass is 16.1. The van der Waals surface area contributed by atoms with Crippen molar-refractivity contribution in [2.45, 2.75) is 26.3 Å². The van der Waals surface area contributed by atoms with Gasteiger partial charge >= 0.3 is 0 Å². The van der Waals surface area contributed by atoms with Gasteiger partial charge in [-0.2, -0.15) is 5.10 Å². The van der Waals surface area contributed by atoms with E-state index in [1.807, 2.05) is 23.7 Å². The van der Waals surface area contributed by atoms with Gasteiger partial charge in [0.25, 0.3) is 0 Å². The summed E-state index contributed by atoms with van der Waals surface area (Å²) < 4.78 is 1.87. The van der Waals surface area contributed by atoms with Crippen molar-refractivity contribution in [2.24, 2.45) is 5.92 Å². The van der Waals surface area contributed by atoms with Crippen molar-refractivity contribution >= 4 is 11.9 Å². The van der Waals surface area contributed by atoms with Gasteiger partial charge in [0.1, 0.15) is 0 Å². The third-order valence-electron chi connectivity index (χ3n) is 2.45. The highest BCUT2D eigenvalue weighted by Crippen LogP contribution is 2.30. The SMILES string of the molecule is CCn1nccc1/C=C/C(=O)C1CC1. The van der Waals surface area contributed by atoms with Crippen LogP contribution >= 0.6 is 0 Å². The fourth-order valence-electron chi connectivity index (χ4n) is 1.42. The first-order valence-electron chi connectivity index (χ1n) is 5.05. The van der Waals surface area contributed by atoms with Gasteiger partial charge in [-0.3, -0.25) is 9.48 Å². The second kappa shape index (κ2) is 3.78. The Labute approximate surface area is 83.4 Å². The Bertz CT molecular complexity index is 361. The van der Waals surface area contributed by atoms with Crippen LogP contribution in [-0.2, 0) is 11.3 Å². The first-order valence-corrected chi connectivity index (χ1v) is 5.05. The van der Waals surface area contributed by atoms with E-state index >= 15 is 0 Å². The summed E-state index contributed by atoms with van der Waals surface area (Å²) in [6, 6.07) is 1.92. The van der Waals surface area contributed by atoms with E-state index in [0.717, 1.165) is 25.1 Å². The van der Waals surface area contributed by atoms with Crippen LogP contribution in [0.5, 0.6) is 0 Å². The van der Waals surface area contributed by atoms with Crippen LogP contribution in [0.15, 0.2) is 18.3 Å². The lowest BCUT2D eigenvalue weighted by Gasteiger charge is -1.97. The highest BCUT2D eigenvalue weighted by Gasteiger charge is 2.27. The van der Waals surface area contributed by atoms with Crippen LogP contribution < -0.4 is 0 Å². The molecule has 0 saturated heterocycles. The Hall–Kier alpha value is -1.38. The van der Waals surface area contributed by atoms with Crippen molar-refractivity contribution in [3.05, 3.63) is 24.0 Å². The molecule has 0 spiro atoms. The molecule has 14 heavy (non-hydrogen) atoms. The Morgan fingerprint density at radius 3 is 3.14 bits per heavy atom. The second-order valence-corrected chi connectivity index (χ2v) is 3.58. The van der Waals surface area contributed by atoms with Gasteiger partial charge in [0, 0.05) is 18.7 Å². The molecular formula is C11H14N2O. The zero-order valence-electron chi connectivity index (χ0n) is 8.31. The second-order valence-electron chi connectivity index (χ2n) is 3.58. The van der Waals surface area contributed by atoms with Gasteiger partial charge < -0.3 is 0 Å². The van der Waals surface area contributed by atoms with Crippen LogP contribution in [0.2, 0.25) is 0 Å². The minimum absolute atomic E-state index is 0.258. The minimum atomic E-state index is 0.258. The lowest BCUT2D eigenvalue weighted by Crippen LogP contribution is -1.99. The summed E-state index contributed by atoms with van der Waals surface area (Å²) in [5.74, 6) is 0.568. The molecule has 3 nitrogen and oxygen atoms in total. The molecule has 1 fully saturated rings. The number of allylic oxidation sites excluding steroid dienone is 1. The third-order valence-corrected chi connectivity index (χ3v) is 2.45. The van der Waals surface area contributed by atoms with Crippen LogP contribution in [0.3, 0.4) is 0 Å². The summed E-state index contributed by atoms with van der Waals surface area (Å²) in [4.78, 5) is 11.4. The van der Waals surface area contributed by atoms with E-state index in [4.69, 9.17) is 0 Å². The Morgan fingerprint density at radius 1 is 1.71 bits per heavy atom. The highest BCUT2D eigenvalue weighted by molar-refractivity contribution is 5.96. The number of hydrogen-bond acceptors (Lipinski definition) is 2. The predicted molar refractivity (Wildman–Crippen MR) is 54.7 cm³/mol. The molecule has 1 heterocycles. The van der Waals surface area contributed by atoms with Crippen molar-refractivity contribution in [3.63, 3.8) is 0 Å². The number of carbonyl (C=O) groups is 1. The normalized spacial score (nSPS) is 16.4. The number of aryl methyl sites for hydroxylation is 1. The van der Waals surface area contributed by atoms with Crippen molar-refractivity contribution in [2.75, 3.05) is 0 Å². The van der Waals surface area contributed by atoms with Gasteiger partial charge in [0.2, 0.25) is 0 Å². The molecule has 0 N–H and O–H groups in total. The van der Waals surface area contributed by atoms with E-state index in [2.05, 4.69) is 5.10 Å². The molecule has 1 aromatic heterocycles. The average molecular weight is 190 g/mol. The van der Waals surface area contributed by atoms with Gasteiger partial charge in [-0.25, -0.2) is 0 Å². The molecule has 0 amide bonds. The molecular weight excluding hydrogens is 176 g/mol. The molecule has 0 radical (unpaired) electrons. The molecule has 0 aliphatic heterocycles. The molecule has 0 aromatic carbocycles. The van der Waals surface area contributed by atoms with Crippen LogP contribution in [0, 0.1) is 5.92 Å². The average Bonchev–Trinajstić information content (AvgIpc) is 2.94. The standard InChI is InChI=1S/C11H14N2O/c1-2-13-10(7-8-12-13)5-6-11(14)9-3-4-9/h5-9H,2-4H2,1H3/b6-5+. The Balaban J connectivity index is 2.05. The number of hydrogen-bond donors (Lipinski definition) is 0. The lowest BCUT2D eigenvalue weighted by molar-refractivity contribution is -0.115. The topological polar surface area (TPSA) is 34.9 Å². The molecule has 0 bridgehead atoms. The van der Waals surface area contributed by atoms with E-state index in [1.54, 1.807) is 12.3 Å². The van der Waals surface area contributed by atoms with Crippen molar-refractivity contribution in [1.82, 2.24) is 9.78 Å². The van der Waals surface area contributed by atoms with Crippen LogP contribution in [0.4, 0.5) is 0 Å². The molecule has 2 rings (SSSR count). The molecule has 3 heteroatoms. The van der Waals surface area contributed by atoms with Gasteiger partial charge in [0.15, 0.2) is 5.78 Å². The van der Waals surface area contributed by atoms with E-state index in [0.29, 0.717) is 5.92 Å². The van der Waals surface area contributed by atoms with Crippen molar-refractivity contribution in [3.8, 4) is 0 Å². The van der Waals surface area contributed by atoms with Crippen LogP contribution in [-0.4, -0.2) is 15.6 Å². The summed E-state index contributed by atoms with van der Waals surface area (Å²) in [5, 5.41) is 4.13. The minimum Gasteiger partial charge on any atom is -0.295 e. The van der Waals surface area contributed by atoms with Crippen LogP contribution in [0.25, 0.3) is 6.08 Å². The molecule has 0 atom stereocenters. The smallest absolute Gasteiger partial charge is 0.158 e. The molecule has 1 saturated carbocycles. The first-order chi connectivity index (χ1) is 6.81. The zero-order valence-corrected chi connectivity index (χ0v) is 8.31. The number of carbonyl (C=O) groups excluding carboxylic acids is 1. The van der Waals surface area contributed by atoms with Crippen molar-refractivity contribution < 1.29 is 4.79 Å². The van der Waals surface area contributed by atoms with Gasteiger partial charge in [-0.1, -0.05) is 0 Å². The number of rotatable bonds is 4. The lowest BCUT2D eigenvalue weighted by atomic mass is 10.2. The van der Waals surface area contributed by atoms with Gasteiger partial charge in [-0.05, 0) is 38.0 Å². The summed E-state index contributed by atoms with van der Waals surface area (Å²) >= 11 is 0. The third kappa shape index (κ3) is 1.92. The molecule has 1 aliphatic carbocycles. The molecule has 1 aromatic rings. The summed E-state index contributed by atoms with van der Waals surface area (Å²) in [7, 11) is 0. The number of ketones is 1. The summed E-state index contributed by atoms with van der Waals surface area (Å²) in [6.45, 7) is 2.87. The molecule has 1 aliphatic rings. The van der Waals surface area contributed by atoms with Crippen LogP contribution in [0.1, 0.15) is 25.5 Å².